The first-order valence-corrected chi connectivity index (χ1v) is 6.07. The molecule has 0 spiro atoms. The van der Waals surface area contributed by atoms with Gasteiger partial charge in [-0.3, -0.25) is 4.68 Å². The lowest BCUT2D eigenvalue weighted by atomic mass is 10.1. The Morgan fingerprint density at radius 1 is 1.38 bits per heavy atom. The standard InChI is InChI=1S/C12H23N3O/c1-11(12-9-14-15(2)10-12)13-7-5-3-4-6-8-16/h9-11,13,16H,3-8H2,1-2H3. The highest BCUT2D eigenvalue weighted by Gasteiger charge is 2.05. The maximum Gasteiger partial charge on any atom is 0.0537 e. The lowest BCUT2D eigenvalue weighted by molar-refractivity contribution is 0.282. The minimum Gasteiger partial charge on any atom is -0.396 e. The molecule has 0 aliphatic heterocycles. The van der Waals surface area contributed by atoms with Gasteiger partial charge in [-0.25, -0.2) is 0 Å². The molecule has 0 saturated carbocycles. The average Bonchev–Trinajstić information content (AvgIpc) is 2.70. The van der Waals surface area contributed by atoms with Crippen LogP contribution in [0.4, 0.5) is 0 Å². The van der Waals surface area contributed by atoms with E-state index in [4.69, 9.17) is 5.11 Å². The normalized spacial score (nSPS) is 12.9. The number of nitrogens with one attached hydrogen (secondary N) is 1. The van der Waals surface area contributed by atoms with Crippen molar-refractivity contribution in [2.24, 2.45) is 7.05 Å². The van der Waals surface area contributed by atoms with Gasteiger partial charge < -0.3 is 10.4 Å². The molecule has 0 aliphatic carbocycles. The monoisotopic (exact) mass is 225 g/mol. The summed E-state index contributed by atoms with van der Waals surface area (Å²) in [4.78, 5) is 0. The molecule has 1 unspecified atom stereocenters. The van der Waals surface area contributed by atoms with Gasteiger partial charge in [-0.15, -0.1) is 0 Å². The Bertz CT molecular complexity index is 286. The van der Waals surface area contributed by atoms with Gasteiger partial charge in [0, 0.05) is 31.5 Å². The molecule has 0 amide bonds. The molecule has 1 atom stereocenters. The quantitative estimate of drug-likeness (QED) is 0.661. The molecular weight excluding hydrogens is 202 g/mol. The number of aliphatic hydroxyl groups is 1. The molecule has 0 aromatic carbocycles. The second-order valence-corrected chi connectivity index (χ2v) is 4.26. The second kappa shape index (κ2) is 7.41. The lowest BCUT2D eigenvalue weighted by Gasteiger charge is -2.11. The van der Waals surface area contributed by atoms with E-state index in [9.17, 15) is 0 Å². The molecule has 16 heavy (non-hydrogen) atoms. The number of unbranched alkanes of at least 4 members (excludes halogenated alkanes) is 3. The molecule has 0 aliphatic rings. The van der Waals surface area contributed by atoms with Crippen molar-refractivity contribution in [2.75, 3.05) is 13.2 Å². The van der Waals surface area contributed by atoms with Crippen molar-refractivity contribution in [3.05, 3.63) is 18.0 Å². The minimum atomic E-state index is 0.319. The lowest BCUT2D eigenvalue weighted by Crippen LogP contribution is -2.19. The fraction of sp³-hybridized carbons (Fsp3) is 0.750. The summed E-state index contributed by atoms with van der Waals surface area (Å²) in [5.74, 6) is 0. The summed E-state index contributed by atoms with van der Waals surface area (Å²) in [6, 6.07) is 0.367. The van der Waals surface area contributed by atoms with Crippen molar-refractivity contribution in [1.82, 2.24) is 15.1 Å². The molecule has 0 saturated heterocycles. The molecule has 0 radical (unpaired) electrons. The highest BCUT2D eigenvalue weighted by Crippen LogP contribution is 2.10. The maximum absolute atomic E-state index is 8.64. The molecule has 0 bridgehead atoms. The second-order valence-electron chi connectivity index (χ2n) is 4.26. The van der Waals surface area contributed by atoms with Crippen molar-refractivity contribution >= 4 is 0 Å². The van der Waals surface area contributed by atoms with Crippen LogP contribution >= 0.6 is 0 Å². The number of aliphatic hydroxyl groups excluding tert-OH is 1. The summed E-state index contributed by atoms with van der Waals surface area (Å²) in [5, 5.41) is 16.3. The van der Waals surface area contributed by atoms with E-state index < -0.39 is 0 Å². The summed E-state index contributed by atoms with van der Waals surface area (Å²) < 4.78 is 1.83. The van der Waals surface area contributed by atoms with E-state index in [0.717, 1.165) is 19.4 Å². The fourth-order valence-electron chi connectivity index (χ4n) is 1.69. The number of hydrogen-bond donors (Lipinski definition) is 2. The van der Waals surface area contributed by atoms with Gasteiger partial charge in [-0.05, 0) is 26.3 Å². The summed E-state index contributed by atoms with van der Waals surface area (Å²) >= 11 is 0. The smallest absolute Gasteiger partial charge is 0.0537 e. The predicted molar refractivity (Wildman–Crippen MR) is 65.2 cm³/mol. The van der Waals surface area contributed by atoms with Gasteiger partial charge in [0.15, 0.2) is 0 Å². The Labute approximate surface area is 97.7 Å². The Kier molecular flexibility index (Phi) is 6.11. The minimum absolute atomic E-state index is 0.319. The third-order valence-corrected chi connectivity index (χ3v) is 2.76. The van der Waals surface area contributed by atoms with Crippen LogP contribution in [0.25, 0.3) is 0 Å². The van der Waals surface area contributed by atoms with Crippen LogP contribution in [-0.2, 0) is 7.05 Å². The largest absolute Gasteiger partial charge is 0.396 e. The Hall–Kier alpha value is -0.870. The van der Waals surface area contributed by atoms with Crippen LogP contribution in [0.2, 0.25) is 0 Å². The number of aromatic nitrogens is 2. The van der Waals surface area contributed by atoms with Crippen molar-refractivity contribution < 1.29 is 5.11 Å². The number of aryl methyl sites for hydroxylation is 1. The number of hydrogen-bond acceptors (Lipinski definition) is 3. The van der Waals surface area contributed by atoms with Gasteiger partial charge in [0.2, 0.25) is 0 Å². The van der Waals surface area contributed by atoms with Gasteiger partial charge in [0.1, 0.15) is 0 Å². The summed E-state index contributed by atoms with van der Waals surface area (Å²) in [6.45, 7) is 3.51. The fourth-order valence-corrected chi connectivity index (χ4v) is 1.69. The van der Waals surface area contributed by atoms with E-state index in [1.807, 2.05) is 24.1 Å². The van der Waals surface area contributed by atoms with E-state index in [0.29, 0.717) is 12.6 Å². The van der Waals surface area contributed by atoms with E-state index in [1.54, 1.807) is 0 Å². The molecule has 1 aromatic heterocycles. The predicted octanol–water partition coefficient (Wildman–Crippen LogP) is 1.62. The zero-order valence-electron chi connectivity index (χ0n) is 10.3. The van der Waals surface area contributed by atoms with Crippen LogP contribution in [-0.4, -0.2) is 28.0 Å². The van der Waals surface area contributed by atoms with Gasteiger partial charge >= 0.3 is 0 Å². The van der Waals surface area contributed by atoms with Crippen LogP contribution in [0.5, 0.6) is 0 Å². The maximum atomic E-state index is 8.64. The zero-order chi connectivity index (χ0) is 11.8. The molecule has 4 nitrogen and oxygen atoms in total. The Morgan fingerprint density at radius 3 is 2.75 bits per heavy atom. The van der Waals surface area contributed by atoms with Gasteiger partial charge in [-0.2, -0.15) is 5.10 Å². The first kappa shape index (κ1) is 13.2. The van der Waals surface area contributed by atoms with E-state index in [1.165, 1.54) is 18.4 Å². The van der Waals surface area contributed by atoms with Crippen LogP contribution in [0.15, 0.2) is 12.4 Å². The van der Waals surface area contributed by atoms with Crippen LogP contribution < -0.4 is 5.32 Å². The SMILES string of the molecule is CC(NCCCCCCO)c1cnn(C)c1. The number of rotatable bonds is 8. The highest BCUT2D eigenvalue weighted by atomic mass is 16.2. The van der Waals surface area contributed by atoms with Gasteiger partial charge in [0.25, 0.3) is 0 Å². The van der Waals surface area contributed by atoms with Gasteiger partial charge in [0.05, 0.1) is 6.20 Å². The summed E-state index contributed by atoms with van der Waals surface area (Å²) in [6.07, 6.45) is 8.36. The molecule has 1 rings (SSSR count). The van der Waals surface area contributed by atoms with Crippen molar-refractivity contribution in [3.63, 3.8) is 0 Å². The average molecular weight is 225 g/mol. The molecule has 4 heteroatoms. The Morgan fingerprint density at radius 2 is 2.12 bits per heavy atom. The first-order valence-electron chi connectivity index (χ1n) is 6.07. The summed E-state index contributed by atoms with van der Waals surface area (Å²) in [7, 11) is 1.94. The molecule has 0 fully saturated rings. The molecule has 1 aromatic rings. The molecular formula is C12H23N3O. The van der Waals surface area contributed by atoms with Crippen LogP contribution in [0.3, 0.4) is 0 Å². The Balaban J connectivity index is 2.09. The first-order chi connectivity index (χ1) is 7.74. The number of nitrogens with zero attached hydrogens (tertiary/aromatic N) is 2. The summed E-state index contributed by atoms with van der Waals surface area (Å²) in [5.41, 5.74) is 1.23. The third kappa shape index (κ3) is 4.77. The third-order valence-electron chi connectivity index (χ3n) is 2.76. The van der Waals surface area contributed by atoms with Crippen LogP contribution in [0.1, 0.15) is 44.2 Å². The van der Waals surface area contributed by atoms with E-state index in [-0.39, 0.29) is 0 Å². The van der Waals surface area contributed by atoms with Crippen LogP contribution in [0, 0.1) is 0 Å². The molecule has 2 N–H and O–H groups in total. The van der Waals surface area contributed by atoms with Crippen molar-refractivity contribution in [3.8, 4) is 0 Å². The van der Waals surface area contributed by atoms with E-state index >= 15 is 0 Å². The zero-order valence-corrected chi connectivity index (χ0v) is 10.3. The highest BCUT2D eigenvalue weighted by molar-refractivity contribution is 5.08. The van der Waals surface area contributed by atoms with Crippen molar-refractivity contribution in [2.45, 2.75) is 38.6 Å². The van der Waals surface area contributed by atoms with Crippen molar-refractivity contribution in [1.29, 1.82) is 0 Å². The van der Waals surface area contributed by atoms with E-state index in [2.05, 4.69) is 17.3 Å². The molecule has 92 valence electrons. The molecule has 1 heterocycles. The van der Waals surface area contributed by atoms with Gasteiger partial charge in [-0.1, -0.05) is 12.8 Å². The topological polar surface area (TPSA) is 50.1 Å².